The highest BCUT2D eigenvalue weighted by molar-refractivity contribution is 5.69. The second kappa shape index (κ2) is 3.14. The minimum atomic E-state index is -0.382. The van der Waals surface area contributed by atoms with Crippen molar-refractivity contribution in [3.63, 3.8) is 0 Å². The molecule has 0 heterocycles. The van der Waals surface area contributed by atoms with E-state index >= 15 is 0 Å². The molecule has 1 amide bonds. The maximum Gasteiger partial charge on any atom is 0.407 e. The standard InChI is InChI=1S/C13H21NO2/c1-13(2,3)16-12(15)14-11-9-7-4-5-8(6-7)10(9)11/h7-11H,4-6H2,1-3H3,(H,14,15). The van der Waals surface area contributed by atoms with Gasteiger partial charge in [0.2, 0.25) is 0 Å². The predicted octanol–water partition coefficient (Wildman–Crippen LogP) is 2.56. The molecule has 3 nitrogen and oxygen atoms in total. The summed E-state index contributed by atoms with van der Waals surface area (Å²) in [7, 11) is 0. The molecule has 3 saturated carbocycles. The van der Waals surface area contributed by atoms with Crippen LogP contribution >= 0.6 is 0 Å². The summed E-state index contributed by atoms with van der Waals surface area (Å²) in [5.41, 5.74) is -0.382. The van der Waals surface area contributed by atoms with Gasteiger partial charge >= 0.3 is 6.09 Å². The Morgan fingerprint density at radius 2 is 1.75 bits per heavy atom. The summed E-state index contributed by atoms with van der Waals surface area (Å²) >= 11 is 0. The quantitative estimate of drug-likeness (QED) is 0.742. The van der Waals surface area contributed by atoms with E-state index in [1.807, 2.05) is 20.8 Å². The minimum absolute atomic E-state index is 0.230. The van der Waals surface area contributed by atoms with Crippen LogP contribution in [0.3, 0.4) is 0 Å². The Hall–Kier alpha value is -0.730. The van der Waals surface area contributed by atoms with Crippen molar-refractivity contribution in [3.05, 3.63) is 0 Å². The molecule has 0 radical (unpaired) electrons. The largest absolute Gasteiger partial charge is 0.444 e. The van der Waals surface area contributed by atoms with Crippen LogP contribution in [0.5, 0.6) is 0 Å². The Morgan fingerprint density at radius 1 is 1.19 bits per heavy atom. The molecule has 3 rings (SSSR count). The zero-order valence-electron chi connectivity index (χ0n) is 10.3. The Labute approximate surface area is 96.9 Å². The highest BCUT2D eigenvalue weighted by atomic mass is 16.6. The van der Waals surface area contributed by atoms with Crippen LogP contribution in [0.4, 0.5) is 4.79 Å². The summed E-state index contributed by atoms with van der Waals surface area (Å²) < 4.78 is 5.29. The third-order valence-corrected chi connectivity index (χ3v) is 4.42. The molecule has 0 aromatic heterocycles. The number of carbonyl (C=O) groups excluding carboxylic acids is 1. The van der Waals surface area contributed by atoms with Crippen molar-refractivity contribution in [3.8, 4) is 0 Å². The first kappa shape index (κ1) is 10.4. The molecule has 3 heteroatoms. The second-order valence-corrected chi connectivity index (χ2v) is 6.66. The Balaban J connectivity index is 1.53. The second-order valence-electron chi connectivity index (χ2n) is 6.66. The molecule has 3 aliphatic rings. The van der Waals surface area contributed by atoms with Crippen molar-refractivity contribution in [1.29, 1.82) is 0 Å². The van der Waals surface area contributed by atoms with Gasteiger partial charge < -0.3 is 10.1 Å². The van der Waals surface area contributed by atoms with E-state index in [0.29, 0.717) is 6.04 Å². The van der Waals surface area contributed by atoms with Crippen LogP contribution in [-0.2, 0) is 4.74 Å². The molecule has 0 saturated heterocycles. The number of hydrogen-bond donors (Lipinski definition) is 1. The Morgan fingerprint density at radius 3 is 2.25 bits per heavy atom. The fourth-order valence-corrected chi connectivity index (χ4v) is 3.96. The van der Waals surface area contributed by atoms with Crippen molar-refractivity contribution >= 4 is 6.09 Å². The molecule has 3 aliphatic carbocycles. The first-order chi connectivity index (χ1) is 7.46. The first-order valence-corrected chi connectivity index (χ1v) is 6.45. The summed E-state index contributed by atoms with van der Waals surface area (Å²) in [6.07, 6.45) is 3.96. The first-order valence-electron chi connectivity index (χ1n) is 6.45. The van der Waals surface area contributed by atoms with E-state index in [1.165, 1.54) is 19.3 Å². The van der Waals surface area contributed by atoms with Crippen LogP contribution in [0.25, 0.3) is 0 Å². The van der Waals surface area contributed by atoms with E-state index in [2.05, 4.69) is 5.32 Å². The van der Waals surface area contributed by atoms with E-state index in [9.17, 15) is 4.79 Å². The van der Waals surface area contributed by atoms with E-state index in [1.54, 1.807) is 0 Å². The lowest BCUT2D eigenvalue weighted by Gasteiger charge is -2.20. The summed E-state index contributed by atoms with van der Waals surface area (Å²) in [6.45, 7) is 5.72. The van der Waals surface area contributed by atoms with Gasteiger partial charge in [-0.2, -0.15) is 0 Å². The van der Waals surface area contributed by atoms with Gasteiger partial charge in [-0.1, -0.05) is 0 Å². The van der Waals surface area contributed by atoms with Crippen LogP contribution in [0.2, 0.25) is 0 Å². The molecule has 90 valence electrons. The third kappa shape index (κ3) is 1.61. The zero-order chi connectivity index (χ0) is 11.5. The lowest BCUT2D eigenvalue weighted by atomic mass is 10.0. The number of nitrogens with one attached hydrogen (secondary N) is 1. The van der Waals surface area contributed by atoms with Crippen molar-refractivity contribution in [2.45, 2.75) is 51.7 Å². The molecule has 0 aliphatic heterocycles. The summed E-state index contributed by atoms with van der Waals surface area (Å²) in [6, 6.07) is 0.432. The average molecular weight is 223 g/mol. The van der Waals surface area contributed by atoms with Crippen LogP contribution in [0.15, 0.2) is 0 Å². The maximum absolute atomic E-state index is 11.6. The van der Waals surface area contributed by atoms with Crippen molar-refractivity contribution in [1.82, 2.24) is 5.32 Å². The summed E-state index contributed by atoms with van der Waals surface area (Å²) in [5.74, 6) is 3.36. The number of hydrogen-bond acceptors (Lipinski definition) is 2. The van der Waals surface area contributed by atoms with E-state index in [-0.39, 0.29) is 11.7 Å². The van der Waals surface area contributed by atoms with E-state index in [0.717, 1.165) is 23.7 Å². The molecule has 3 fully saturated rings. The molecule has 0 aromatic rings. The minimum Gasteiger partial charge on any atom is -0.444 e. The van der Waals surface area contributed by atoms with Gasteiger partial charge in [0.1, 0.15) is 5.60 Å². The van der Waals surface area contributed by atoms with Crippen molar-refractivity contribution in [2.24, 2.45) is 23.7 Å². The average Bonchev–Trinajstić information content (AvgIpc) is 2.56. The zero-order valence-corrected chi connectivity index (χ0v) is 10.3. The molecule has 0 spiro atoms. The Bertz CT molecular complexity index is 304. The van der Waals surface area contributed by atoms with Crippen LogP contribution in [0.1, 0.15) is 40.0 Å². The SMILES string of the molecule is CC(C)(C)OC(=O)NC1C2C3CCC(C3)C12. The van der Waals surface area contributed by atoms with Crippen LogP contribution in [0, 0.1) is 23.7 Å². The molecule has 4 atom stereocenters. The third-order valence-electron chi connectivity index (χ3n) is 4.42. The van der Waals surface area contributed by atoms with Crippen LogP contribution < -0.4 is 5.32 Å². The number of rotatable bonds is 1. The molecule has 0 aromatic carbocycles. The van der Waals surface area contributed by atoms with Gasteiger partial charge in [-0.05, 0) is 63.7 Å². The van der Waals surface area contributed by atoms with Gasteiger partial charge in [0.25, 0.3) is 0 Å². The molecule has 1 N–H and O–H groups in total. The Kier molecular flexibility index (Phi) is 2.05. The lowest BCUT2D eigenvalue weighted by Crippen LogP contribution is -2.35. The fourth-order valence-electron chi connectivity index (χ4n) is 3.96. The molecular formula is C13H21NO2. The van der Waals surface area contributed by atoms with Crippen LogP contribution in [-0.4, -0.2) is 17.7 Å². The summed E-state index contributed by atoms with van der Waals surface area (Å²) in [5, 5.41) is 3.05. The monoisotopic (exact) mass is 223 g/mol. The van der Waals surface area contributed by atoms with Crippen molar-refractivity contribution in [2.75, 3.05) is 0 Å². The van der Waals surface area contributed by atoms with Gasteiger partial charge in [-0.3, -0.25) is 0 Å². The number of fused-ring (bicyclic) bond motifs is 5. The maximum atomic E-state index is 11.6. The summed E-state index contributed by atoms with van der Waals surface area (Å²) in [4.78, 5) is 11.6. The fraction of sp³-hybridized carbons (Fsp3) is 0.923. The number of ether oxygens (including phenoxy) is 1. The number of carbonyl (C=O) groups is 1. The highest BCUT2D eigenvalue weighted by Crippen LogP contribution is 2.65. The van der Waals surface area contributed by atoms with Gasteiger partial charge in [-0.15, -0.1) is 0 Å². The van der Waals surface area contributed by atoms with Gasteiger partial charge in [0.15, 0.2) is 0 Å². The molecular weight excluding hydrogens is 202 g/mol. The lowest BCUT2D eigenvalue weighted by molar-refractivity contribution is 0.0515. The van der Waals surface area contributed by atoms with Crippen molar-refractivity contribution < 1.29 is 9.53 Å². The molecule has 16 heavy (non-hydrogen) atoms. The predicted molar refractivity (Wildman–Crippen MR) is 61.0 cm³/mol. The topological polar surface area (TPSA) is 38.3 Å². The molecule has 4 unspecified atom stereocenters. The van der Waals surface area contributed by atoms with Gasteiger partial charge in [0, 0.05) is 6.04 Å². The number of alkyl carbamates (subject to hydrolysis) is 1. The normalized spacial score (nSPS) is 44.1. The molecule has 2 bridgehead atoms. The van der Waals surface area contributed by atoms with E-state index < -0.39 is 0 Å². The highest BCUT2D eigenvalue weighted by Gasteiger charge is 2.65. The van der Waals surface area contributed by atoms with E-state index in [4.69, 9.17) is 4.74 Å². The number of amides is 1. The smallest absolute Gasteiger partial charge is 0.407 e. The van der Waals surface area contributed by atoms with Gasteiger partial charge in [-0.25, -0.2) is 4.79 Å². The van der Waals surface area contributed by atoms with Gasteiger partial charge in [0.05, 0.1) is 0 Å².